The van der Waals surface area contributed by atoms with Gasteiger partial charge < -0.3 is 5.32 Å². The number of rotatable bonds is 5. The molecule has 3 N–H and O–H groups in total. The molecule has 0 aliphatic carbocycles. The van der Waals surface area contributed by atoms with Crippen LogP contribution in [0.15, 0.2) is 95.8 Å². The molecule has 35 heavy (non-hydrogen) atoms. The zero-order valence-electron chi connectivity index (χ0n) is 18.4. The van der Waals surface area contributed by atoms with E-state index in [1.54, 1.807) is 0 Å². The summed E-state index contributed by atoms with van der Waals surface area (Å²) in [6.07, 6.45) is 0. The Balaban J connectivity index is 1.62. The van der Waals surface area contributed by atoms with E-state index in [0.717, 1.165) is 10.4 Å². The summed E-state index contributed by atoms with van der Waals surface area (Å²) in [5.41, 5.74) is 7.28. The highest BCUT2D eigenvalue weighted by molar-refractivity contribution is 7.80. The zero-order valence-corrected chi connectivity index (χ0v) is 19.3. The van der Waals surface area contributed by atoms with Crippen LogP contribution in [0.1, 0.15) is 5.56 Å². The van der Waals surface area contributed by atoms with Gasteiger partial charge in [0.25, 0.3) is 11.5 Å². The first kappa shape index (κ1) is 23.4. The van der Waals surface area contributed by atoms with Crippen molar-refractivity contribution >= 4 is 28.9 Å². The number of carbonyl (C=O) groups is 1. The molecule has 0 saturated heterocycles. The first-order chi connectivity index (χ1) is 17.1. The second-order valence-electron chi connectivity index (χ2n) is 7.40. The van der Waals surface area contributed by atoms with Crippen LogP contribution >= 0.6 is 12.2 Å². The predicted octanol–water partition coefficient (Wildman–Crippen LogP) is 3.47. The maximum Gasteiger partial charge on any atom is 0.285 e. The molecular weight excluding hydrogens is 460 g/mol. The Labute approximate surface area is 206 Å². The number of nitrogens with zero attached hydrogens (tertiary/aromatic N) is 3. The van der Waals surface area contributed by atoms with E-state index in [9.17, 15) is 14.9 Å². The number of para-hydroxylation sites is 1. The quantitative estimate of drug-likeness (QED) is 0.296. The Bertz CT molecular complexity index is 1450. The molecule has 0 atom stereocenters. The molecule has 0 radical (unpaired) electrons. The second kappa shape index (κ2) is 10.9. The highest BCUT2D eigenvalue weighted by Gasteiger charge is 2.21. The minimum atomic E-state index is -0.661. The molecule has 0 fully saturated rings. The Morgan fingerprint density at radius 2 is 1.46 bits per heavy atom. The molecule has 172 valence electrons. The fourth-order valence-electron chi connectivity index (χ4n) is 3.45. The van der Waals surface area contributed by atoms with Crippen molar-refractivity contribution in [3.63, 3.8) is 0 Å². The summed E-state index contributed by atoms with van der Waals surface area (Å²) in [7, 11) is 0. The lowest BCUT2D eigenvalue weighted by molar-refractivity contribution is -0.122. The van der Waals surface area contributed by atoms with E-state index >= 15 is 0 Å². The lowest BCUT2D eigenvalue weighted by atomic mass is 9.96. The molecule has 0 saturated carbocycles. The van der Waals surface area contributed by atoms with Gasteiger partial charge in [0, 0.05) is 16.8 Å². The van der Waals surface area contributed by atoms with Crippen LogP contribution in [-0.4, -0.2) is 20.8 Å². The Morgan fingerprint density at radius 3 is 2.06 bits per heavy atom. The first-order valence-corrected chi connectivity index (χ1v) is 11.0. The van der Waals surface area contributed by atoms with Crippen molar-refractivity contribution in [3.05, 3.63) is 107 Å². The maximum atomic E-state index is 13.1. The van der Waals surface area contributed by atoms with E-state index in [-0.39, 0.29) is 10.7 Å². The first-order valence-electron chi connectivity index (χ1n) is 10.6. The van der Waals surface area contributed by atoms with Crippen molar-refractivity contribution in [1.82, 2.24) is 20.6 Å². The van der Waals surface area contributed by atoms with Crippen molar-refractivity contribution in [2.24, 2.45) is 0 Å². The summed E-state index contributed by atoms with van der Waals surface area (Å²) >= 11 is 5.18. The van der Waals surface area contributed by atoms with E-state index < -0.39 is 18.0 Å². The number of hydrogen-bond donors (Lipinski definition) is 3. The van der Waals surface area contributed by atoms with Crippen molar-refractivity contribution in [2.75, 3.05) is 5.32 Å². The van der Waals surface area contributed by atoms with Crippen LogP contribution in [0, 0.1) is 11.3 Å². The average Bonchev–Trinajstić information content (AvgIpc) is 2.90. The van der Waals surface area contributed by atoms with Gasteiger partial charge in [0.2, 0.25) is 0 Å². The van der Waals surface area contributed by atoms with Crippen molar-refractivity contribution in [3.8, 4) is 28.5 Å². The SMILES string of the molecule is N#Cc1c(-c2ccccc2)c(-c2ccccc2)nn(CC(=O)NNC(=S)Nc2ccccc2)c1=O. The summed E-state index contributed by atoms with van der Waals surface area (Å²) in [4.78, 5) is 25.7. The molecule has 3 aromatic carbocycles. The number of nitriles is 1. The predicted molar refractivity (Wildman–Crippen MR) is 138 cm³/mol. The number of carbonyl (C=O) groups excluding carboxylic acids is 1. The minimum Gasteiger partial charge on any atom is -0.331 e. The van der Waals surface area contributed by atoms with Gasteiger partial charge in [-0.25, -0.2) is 4.68 Å². The average molecular weight is 481 g/mol. The van der Waals surface area contributed by atoms with Gasteiger partial charge in [-0.15, -0.1) is 0 Å². The zero-order chi connectivity index (χ0) is 24.6. The fourth-order valence-corrected chi connectivity index (χ4v) is 3.62. The fraction of sp³-hybridized carbons (Fsp3) is 0.0385. The summed E-state index contributed by atoms with van der Waals surface area (Å²) in [6, 6.07) is 29.5. The molecule has 4 aromatic rings. The van der Waals surface area contributed by atoms with Crippen LogP contribution in [0.25, 0.3) is 22.4 Å². The van der Waals surface area contributed by atoms with Crippen LogP contribution in [0.2, 0.25) is 0 Å². The van der Waals surface area contributed by atoms with Crippen LogP contribution in [-0.2, 0) is 11.3 Å². The van der Waals surface area contributed by atoms with Gasteiger partial charge in [-0.05, 0) is 29.9 Å². The third kappa shape index (κ3) is 5.58. The van der Waals surface area contributed by atoms with E-state index in [2.05, 4.69) is 21.3 Å². The largest absolute Gasteiger partial charge is 0.331 e. The van der Waals surface area contributed by atoms with Gasteiger partial charge in [0.1, 0.15) is 23.9 Å². The third-order valence-electron chi connectivity index (χ3n) is 5.02. The third-order valence-corrected chi connectivity index (χ3v) is 5.22. The molecule has 9 heteroatoms. The van der Waals surface area contributed by atoms with E-state index in [4.69, 9.17) is 12.2 Å². The number of benzene rings is 3. The number of thiocarbonyl (C=S) groups is 1. The Kier molecular flexibility index (Phi) is 7.25. The molecule has 1 aromatic heterocycles. The van der Waals surface area contributed by atoms with Crippen molar-refractivity contribution in [2.45, 2.75) is 6.54 Å². The molecule has 0 spiro atoms. The second-order valence-corrected chi connectivity index (χ2v) is 7.81. The lowest BCUT2D eigenvalue weighted by Gasteiger charge is -2.15. The van der Waals surface area contributed by atoms with E-state index in [1.165, 1.54) is 0 Å². The normalized spacial score (nSPS) is 10.1. The molecular formula is C26H20N6O2S. The summed E-state index contributed by atoms with van der Waals surface area (Å²) < 4.78 is 0.984. The van der Waals surface area contributed by atoms with Crippen LogP contribution in [0.4, 0.5) is 5.69 Å². The van der Waals surface area contributed by atoms with Crippen LogP contribution in [0.5, 0.6) is 0 Å². The van der Waals surface area contributed by atoms with Gasteiger partial charge in [-0.1, -0.05) is 78.9 Å². The number of nitrogens with one attached hydrogen (secondary N) is 3. The summed E-state index contributed by atoms with van der Waals surface area (Å²) in [6.45, 7) is -0.413. The maximum absolute atomic E-state index is 13.1. The van der Waals surface area contributed by atoms with Crippen LogP contribution in [0.3, 0.4) is 0 Å². The Morgan fingerprint density at radius 1 is 0.886 bits per heavy atom. The highest BCUT2D eigenvalue weighted by atomic mass is 32.1. The Hall–Kier alpha value is -4.81. The highest BCUT2D eigenvalue weighted by Crippen LogP contribution is 2.31. The molecule has 0 unspecified atom stereocenters. The number of hydrazine groups is 1. The van der Waals surface area contributed by atoms with E-state index in [0.29, 0.717) is 22.4 Å². The molecule has 4 rings (SSSR count). The number of hydrogen-bond acceptors (Lipinski definition) is 5. The van der Waals surface area contributed by atoms with Crippen molar-refractivity contribution < 1.29 is 4.79 Å². The smallest absolute Gasteiger partial charge is 0.285 e. The minimum absolute atomic E-state index is 0.0907. The summed E-state index contributed by atoms with van der Waals surface area (Å²) in [5.74, 6) is -0.563. The monoisotopic (exact) mass is 480 g/mol. The number of aromatic nitrogens is 2. The van der Waals surface area contributed by atoms with Crippen LogP contribution < -0.4 is 21.7 Å². The standard InChI is InChI=1S/C26H20N6O2S/c27-16-21-23(18-10-4-1-5-11-18)24(19-12-6-2-7-13-19)31-32(25(21)34)17-22(33)29-30-26(35)28-20-14-8-3-9-15-20/h1-15H,17H2,(H,29,33)(H2,28,30,35). The van der Waals surface area contributed by atoms with E-state index in [1.807, 2.05) is 97.1 Å². The molecule has 1 heterocycles. The van der Waals surface area contributed by atoms with Gasteiger partial charge in [0.05, 0.1) is 0 Å². The molecule has 8 nitrogen and oxygen atoms in total. The molecule has 1 amide bonds. The lowest BCUT2D eigenvalue weighted by Crippen LogP contribution is -2.46. The van der Waals surface area contributed by atoms with Crippen molar-refractivity contribution in [1.29, 1.82) is 5.26 Å². The van der Waals surface area contributed by atoms with Gasteiger partial charge in [-0.2, -0.15) is 10.4 Å². The molecule has 0 aliphatic rings. The molecule has 0 bridgehead atoms. The molecule has 0 aliphatic heterocycles. The van der Waals surface area contributed by atoms with Gasteiger partial charge in [0.15, 0.2) is 5.11 Å². The summed E-state index contributed by atoms with van der Waals surface area (Å²) in [5, 5.41) is 17.5. The number of anilines is 1. The van der Waals surface area contributed by atoms with Gasteiger partial charge in [-0.3, -0.25) is 20.4 Å². The number of amides is 1. The van der Waals surface area contributed by atoms with Gasteiger partial charge >= 0.3 is 0 Å². The topological polar surface area (TPSA) is 112 Å².